The first kappa shape index (κ1) is 18.7. The van der Waals surface area contributed by atoms with Crippen LogP contribution >= 0.6 is 0 Å². The largest absolute Gasteiger partial charge is 0.383 e. The predicted octanol–water partition coefficient (Wildman–Crippen LogP) is 1.26. The van der Waals surface area contributed by atoms with Crippen LogP contribution in [0.1, 0.15) is 18.5 Å². The first-order valence-electron chi connectivity index (χ1n) is 8.73. The Morgan fingerprint density at radius 1 is 1.25 bits per heavy atom. The second-order valence-corrected chi connectivity index (χ2v) is 5.71. The molecule has 1 atom stereocenters. The van der Waals surface area contributed by atoms with Crippen molar-refractivity contribution in [3.05, 3.63) is 35.9 Å². The number of hydrogen-bond donors (Lipinski definition) is 2. The van der Waals surface area contributed by atoms with Gasteiger partial charge in [0.15, 0.2) is 5.96 Å². The summed E-state index contributed by atoms with van der Waals surface area (Å²) in [4.78, 5) is 7.25. The van der Waals surface area contributed by atoms with Crippen LogP contribution in [0.15, 0.2) is 35.3 Å². The quantitative estimate of drug-likeness (QED) is 0.426. The van der Waals surface area contributed by atoms with Crippen molar-refractivity contribution in [3.8, 4) is 0 Å². The van der Waals surface area contributed by atoms with E-state index in [4.69, 9.17) is 14.5 Å². The lowest BCUT2D eigenvalue weighted by molar-refractivity contribution is 0.0179. The Hall–Kier alpha value is -1.63. The summed E-state index contributed by atoms with van der Waals surface area (Å²) in [7, 11) is 1.70. The molecule has 24 heavy (non-hydrogen) atoms. The van der Waals surface area contributed by atoms with Crippen LogP contribution < -0.4 is 10.6 Å². The van der Waals surface area contributed by atoms with Gasteiger partial charge in [0, 0.05) is 33.3 Å². The second-order valence-electron chi connectivity index (χ2n) is 5.71. The Labute approximate surface area is 145 Å². The molecule has 0 amide bonds. The molecule has 1 aliphatic rings. The van der Waals surface area contributed by atoms with Crippen LogP contribution in [0.5, 0.6) is 0 Å². The van der Waals surface area contributed by atoms with Crippen molar-refractivity contribution in [2.75, 3.05) is 59.7 Å². The van der Waals surface area contributed by atoms with Crippen LogP contribution in [-0.4, -0.2) is 70.5 Å². The highest BCUT2D eigenvalue weighted by molar-refractivity contribution is 5.79. The maximum atomic E-state index is 5.50. The highest BCUT2D eigenvalue weighted by Crippen LogP contribution is 2.22. The summed E-state index contributed by atoms with van der Waals surface area (Å²) in [5, 5.41) is 6.59. The monoisotopic (exact) mass is 334 g/mol. The van der Waals surface area contributed by atoms with E-state index >= 15 is 0 Å². The van der Waals surface area contributed by atoms with E-state index in [1.807, 2.05) is 0 Å². The third kappa shape index (κ3) is 6.11. The van der Waals surface area contributed by atoms with E-state index in [1.54, 1.807) is 7.11 Å². The molecule has 2 rings (SSSR count). The smallest absolute Gasteiger partial charge is 0.191 e. The van der Waals surface area contributed by atoms with Crippen molar-refractivity contribution in [1.29, 1.82) is 0 Å². The summed E-state index contributed by atoms with van der Waals surface area (Å²) in [6, 6.07) is 10.9. The first-order chi connectivity index (χ1) is 11.8. The minimum atomic E-state index is 0.271. The molecule has 6 nitrogen and oxygen atoms in total. The zero-order valence-electron chi connectivity index (χ0n) is 14.8. The lowest BCUT2D eigenvalue weighted by atomic mass is 10.1. The van der Waals surface area contributed by atoms with Crippen molar-refractivity contribution in [2.24, 2.45) is 4.99 Å². The molecule has 1 saturated heterocycles. The van der Waals surface area contributed by atoms with Crippen LogP contribution in [0.2, 0.25) is 0 Å². The van der Waals surface area contributed by atoms with Gasteiger partial charge in [-0.25, -0.2) is 0 Å². The zero-order chi connectivity index (χ0) is 17.0. The number of rotatable bonds is 8. The molecule has 0 bridgehead atoms. The van der Waals surface area contributed by atoms with Gasteiger partial charge in [0.2, 0.25) is 0 Å². The van der Waals surface area contributed by atoms with E-state index in [1.165, 1.54) is 5.56 Å². The molecular weight excluding hydrogens is 304 g/mol. The van der Waals surface area contributed by atoms with E-state index in [9.17, 15) is 0 Å². The molecule has 1 fully saturated rings. The summed E-state index contributed by atoms with van der Waals surface area (Å²) < 4.78 is 10.6. The number of nitrogens with zero attached hydrogens (tertiary/aromatic N) is 2. The average molecular weight is 334 g/mol. The predicted molar refractivity (Wildman–Crippen MR) is 97.4 cm³/mol. The standard InChI is InChI=1S/C18H30N4O2/c1-3-19-18(20-9-12-23-2)21-15-17(16-7-5-4-6-8-16)22-10-13-24-14-11-22/h4-8,17H,3,9-15H2,1-2H3,(H2,19,20,21). The van der Waals surface area contributed by atoms with E-state index in [0.29, 0.717) is 13.2 Å². The minimum absolute atomic E-state index is 0.271. The van der Waals surface area contributed by atoms with E-state index < -0.39 is 0 Å². The Morgan fingerprint density at radius 2 is 2.00 bits per heavy atom. The Bertz CT molecular complexity index is 475. The second kappa shape index (κ2) is 11.0. The molecule has 1 aliphatic heterocycles. The minimum Gasteiger partial charge on any atom is -0.383 e. The van der Waals surface area contributed by atoms with Gasteiger partial charge in [0.1, 0.15) is 0 Å². The van der Waals surface area contributed by atoms with Crippen molar-refractivity contribution < 1.29 is 9.47 Å². The summed E-state index contributed by atoms with van der Waals surface area (Å²) >= 11 is 0. The van der Waals surface area contributed by atoms with Crippen LogP contribution in [-0.2, 0) is 9.47 Å². The van der Waals surface area contributed by atoms with E-state index in [0.717, 1.165) is 45.4 Å². The van der Waals surface area contributed by atoms with Gasteiger partial charge in [-0.15, -0.1) is 0 Å². The summed E-state index contributed by atoms with van der Waals surface area (Å²) in [5.74, 6) is 0.837. The molecule has 0 aliphatic carbocycles. The fraction of sp³-hybridized carbons (Fsp3) is 0.611. The number of morpholine rings is 1. The number of guanidine groups is 1. The fourth-order valence-corrected chi connectivity index (χ4v) is 2.79. The highest BCUT2D eigenvalue weighted by atomic mass is 16.5. The molecule has 1 unspecified atom stereocenters. The SMILES string of the molecule is CCNC(=NCC(c1ccccc1)N1CCOCC1)NCCOC. The van der Waals surface area contributed by atoms with Crippen LogP contribution in [0.3, 0.4) is 0 Å². The Morgan fingerprint density at radius 3 is 2.67 bits per heavy atom. The molecule has 1 heterocycles. The molecule has 0 aromatic heterocycles. The molecule has 1 aromatic rings. The van der Waals surface area contributed by atoms with Gasteiger partial charge >= 0.3 is 0 Å². The third-order valence-corrected chi connectivity index (χ3v) is 4.04. The van der Waals surface area contributed by atoms with Gasteiger partial charge in [-0.05, 0) is 12.5 Å². The normalized spacial score (nSPS) is 17.5. The molecule has 0 saturated carbocycles. The van der Waals surface area contributed by atoms with E-state index in [2.05, 4.69) is 52.8 Å². The fourth-order valence-electron chi connectivity index (χ4n) is 2.79. The van der Waals surface area contributed by atoms with Crippen LogP contribution in [0.25, 0.3) is 0 Å². The third-order valence-electron chi connectivity index (χ3n) is 4.04. The summed E-state index contributed by atoms with van der Waals surface area (Å²) in [6.45, 7) is 8.51. The Kier molecular flexibility index (Phi) is 8.59. The van der Waals surface area contributed by atoms with Gasteiger partial charge in [0.05, 0.1) is 32.4 Å². The number of methoxy groups -OCH3 is 1. The van der Waals surface area contributed by atoms with Gasteiger partial charge in [-0.2, -0.15) is 0 Å². The molecule has 1 aromatic carbocycles. The van der Waals surface area contributed by atoms with Gasteiger partial charge < -0.3 is 20.1 Å². The first-order valence-corrected chi connectivity index (χ1v) is 8.73. The van der Waals surface area contributed by atoms with Crippen molar-refractivity contribution >= 4 is 5.96 Å². The van der Waals surface area contributed by atoms with Crippen molar-refractivity contribution in [3.63, 3.8) is 0 Å². The van der Waals surface area contributed by atoms with Crippen LogP contribution in [0, 0.1) is 0 Å². The highest BCUT2D eigenvalue weighted by Gasteiger charge is 2.22. The maximum Gasteiger partial charge on any atom is 0.191 e. The number of ether oxygens (including phenoxy) is 2. The number of aliphatic imine (C=N–C) groups is 1. The van der Waals surface area contributed by atoms with Crippen molar-refractivity contribution in [1.82, 2.24) is 15.5 Å². The topological polar surface area (TPSA) is 58.1 Å². The lowest BCUT2D eigenvalue weighted by Crippen LogP contribution is -2.42. The Balaban J connectivity index is 2.06. The molecule has 6 heteroatoms. The lowest BCUT2D eigenvalue weighted by Gasteiger charge is -2.34. The molecule has 0 radical (unpaired) electrons. The van der Waals surface area contributed by atoms with Gasteiger partial charge in [-0.3, -0.25) is 9.89 Å². The summed E-state index contributed by atoms with van der Waals surface area (Å²) in [6.07, 6.45) is 0. The molecule has 134 valence electrons. The van der Waals surface area contributed by atoms with Gasteiger partial charge in [-0.1, -0.05) is 30.3 Å². The molecular formula is C18H30N4O2. The average Bonchev–Trinajstić information content (AvgIpc) is 2.64. The number of nitrogens with one attached hydrogen (secondary N) is 2. The summed E-state index contributed by atoms with van der Waals surface area (Å²) in [5.41, 5.74) is 1.30. The molecule has 2 N–H and O–H groups in total. The maximum absolute atomic E-state index is 5.50. The number of benzene rings is 1. The number of hydrogen-bond acceptors (Lipinski definition) is 4. The van der Waals surface area contributed by atoms with Crippen molar-refractivity contribution in [2.45, 2.75) is 13.0 Å². The zero-order valence-corrected chi connectivity index (χ0v) is 14.8. The molecule has 0 spiro atoms. The van der Waals surface area contributed by atoms with Gasteiger partial charge in [0.25, 0.3) is 0 Å². The van der Waals surface area contributed by atoms with Crippen LogP contribution in [0.4, 0.5) is 0 Å². The van der Waals surface area contributed by atoms with E-state index in [-0.39, 0.29) is 6.04 Å².